The standard InChI is InChI=1S/C6H5N3O/c7-4-1-5-6(8-2-4)3-10-9-5/h1-3H,7H2. The van der Waals surface area contributed by atoms with E-state index in [1.165, 1.54) is 6.26 Å². The molecule has 10 heavy (non-hydrogen) atoms. The summed E-state index contributed by atoms with van der Waals surface area (Å²) in [5.41, 5.74) is 7.46. The van der Waals surface area contributed by atoms with Gasteiger partial charge in [-0.1, -0.05) is 5.16 Å². The number of aromatic nitrogens is 2. The van der Waals surface area contributed by atoms with Gasteiger partial charge in [-0.2, -0.15) is 0 Å². The second kappa shape index (κ2) is 1.70. The number of hydrogen-bond acceptors (Lipinski definition) is 4. The molecular weight excluding hydrogens is 130 g/mol. The van der Waals surface area contributed by atoms with Crippen molar-refractivity contribution in [2.75, 3.05) is 5.73 Å². The number of nitrogen functional groups attached to an aromatic ring is 1. The third-order valence-electron chi connectivity index (χ3n) is 1.23. The molecule has 0 aliphatic carbocycles. The van der Waals surface area contributed by atoms with Gasteiger partial charge in [-0.15, -0.1) is 0 Å². The zero-order valence-electron chi connectivity index (χ0n) is 5.11. The van der Waals surface area contributed by atoms with Gasteiger partial charge in [0.25, 0.3) is 0 Å². The summed E-state index contributed by atoms with van der Waals surface area (Å²) >= 11 is 0. The molecule has 0 unspecified atom stereocenters. The predicted octanol–water partition coefficient (Wildman–Crippen LogP) is 0.805. The summed E-state index contributed by atoms with van der Waals surface area (Å²) in [6.45, 7) is 0. The summed E-state index contributed by atoms with van der Waals surface area (Å²) in [4.78, 5) is 3.96. The van der Waals surface area contributed by atoms with Gasteiger partial charge in [-0.3, -0.25) is 0 Å². The molecule has 2 aromatic rings. The lowest BCUT2D eigenvalue weighted by Gasteiger charge is -1.87. The summed E-state index contributed by atoms with van der Waals surface area (Å²) in [5.74, 6) is 0. The predicted molar refractivity (Wildman–Crippen MR) is 36.2 cm³/mol. The Kier molecular flexibility index (Phi) is 0.887. The van der Waals surface area contributed by atoms with E-state index in [0.717, 1.165) is 5.52 Å². The van der Waals surface area contributed by atoms with Gasteiger partial charge in [0.1, 0.15) is 17.3 Å². The molecule has 0 saturated carbocycles. The van der Waals surface area contributed by atoms with Crippen molar-refractivity contribution in [1.82, 2.24) is 10.1 Å². The van der Waals surface area contributed by atoms with Gasteiger partial charge in [0.05, 0.1) is 11.9 Å². The Hall–Kier alpha value is -1.58. The van der Waals surface area contributed by atoms with E-state index in [0.29, 0.717) is 11.2 Å². The number of anilines is 1. The lowest BCUT2D eigenvalue weighted by molar-refractivity contribution is 0.428. The van der Waals surface area contributed by atoms with E-state index in [2.05, 4.69) is 14.7 Å². The van der Waals surface area contributed by atoms with Crippen molar-refractivity contribution >= 4 is 16.7 Å². The Morgan fingerprint density at radius 1 is 1.40 bits per heavy atom. The molecule has 0 atom stereocenters. The molecule has 2 N–H and O–H groups in total. The minimum atomic E-state index is 0.599. The first-order valence-corrected chi connectivity index (χ1v) is 2.82. The maximum absolute atomic E-state index is 5.44. The van der Waals surface area contributed by atoms with Gasteiger partial charge < -0.3 is 10.3 Å². The SMILES string of the molecule is Nc1cnc2conc2c1. The number of pyridine rings is 1. The normalized spacial score (nSPS) is 10.4. The van der Waals surface area contributed by atoms with Crippen LogP contribution in [0.25, 0.3) is 11.0 Å². The number of rotatable bonds is 0. The van der Waals surface area contributed by atoms with Crippen LogP contribution in [0.15, 0.2) is 23.0 Å². The zero-order valence-corrected chi connectivity index (χ0v) is 5.11. The molecule has 0 spiro atoms. The summed E-state index contributed by atoms with van der Waals surface area (Å²) < 4.78 is 4.65. The lowest BCUT2D eigenvalue weighted by Crippen LogP contribution is -1.84. The first kappa shape index (κ1) is 5.22. The molecule has 2 aromatic heterocycles. The highest BCUT2D eigenvalue weighted by Crippen LogP contribution is 2.10. The highest BCUT2D eigenvalue weighted by Gasteiger charge is 1.97. The minimum absolute atomic E-state index is 0.599. The average molecular weight is 135 g/mol. The van der Waals surface area contributed by atoms with Gasteiger partial charge >= 0.3 is 0 Å². The quantitative estimate of drug-likeness (QED) is 0.580. The first-order valence-electron chi connectivity index (χ1n) is 2.82. The van der Waals surface area contributed by atoms with Crippen LogP contribution in [0.2, 0.25) is 0 Å². The van der Waals surface area contributed by atoms with Crippen LogP contribution >= 0.6 is 0 Å². The molecule has 50 valence electrons. The van der Waals surface area contributed by atoms with Crippen LogP contribution in [0.4, 0.5) is 5.69 Å². The van der Waals surface area contributed by atoms with Crippen LogP contribution in [0, 0.1) is 0 Å². The summed E-state index contributed by atoms with van der Waals surface area (Å²) in [5, 5.41) is 3.66. The van der Waals surface area contributed by atoms with E-state index < -0.39 is 0 Å². The number of hydrogen-bond donors (Lipinski definition) is 1. The van der Waals surface area contributed by atoms with Crippen LogP contribution in [0.5, 0.6) is 0 Å². The molecule has 0 saturated heterocycles. The smallest absolute Gasteiger partial charge is 0.150 e. The van der Waals surface area contributed by atoms with Crippen molar-refractivity contribution < 1.29 is 4.52 Å². The van der Waals surface area contributed by atoms with E-state index in [1.807, 2.05) is 0 Å². The Labute approximate surface area is 56.6 Å². The van der Waals surface area contributed by atoms with E-state index in [1.54, 1.807) is 12.3 Å². The third kappa shape index (κ3) is 0.621. The molecule has 0 aliphatic rings. The van der Waals surface area contributed by atoms with E-state index in [4.69, 9.17) is 5.73 Å². The Morgan fingerprint density at radius 3 is 3.20 bits per heavy atom. The maximum atomic E-state index is 5.44. The molecule has 0 radical (unpaired) electrons. The first-order chi connectivity index (χ1) is 4.86. The molecular formula is C6H5N3O. The van der Waals surface area contributed by atoms with Crippen molar-refractivity contribution in [3.8, 4) is 0 Å². The Bertz CT molecular complexity index is 355. The monoisotopic (exact) mass is 135 g/mol. The van der Waals surface area contributed by atoms with Crippen molar-refractivity contribution in [3.63, 3.8) is 0 Å². The molecule has 0 fully saturated rings. The van der Waals surface area contributed by atoms with Gasteiger partial charge in [0, 0.05) is 0 Å². The maximum Gasteiger partial charge on any atom is 0.150 e. The van der Waals surface area contributed by atoms with E-state index in [-0.39, 0.29) is 0 Å². The Morgan fingerprint density at radius 2 is 2.30 bits per heavy atom. The highest BCUT2D eigenvalue weighted by molar-refractivity contribution is 5.75. The van der Waals surface area contributed by atoms with Crippen molar-refractivity contribution in [2.45, 2.75) is 0 Å². The second-order valence-electron chi connectivity index (χ2n) is 1.99. The average Bonchev–Trinajstić information content (AvgIpc) is 2.33. The number of nitrogens with zero attached hydrogens (tertiary/aromatic N) is 2. The molecule has 0 amide bonds. The molecule has 2 heterocycles. The van der Waals surface area contributed by atoms with Crippen molar-refractivity contribution in [1.29, 1.82) is 0 Å². The molecule has 2 rings (SSSR count). The molecule has 0 aliphatic heterocycles. The fourth-order valence-corrected chi connectivity index (χ4v) is 0.776. The number of nitrogens with two attached hydrogens (primary N) is 1. The summed E-state index contributed by atoms with van der Waals surface area (Å²) in [6, 6.07) is 1.71. The third-order valence-corrected chi connectivity index (χ3v) is 1.23. The van der Waals surface area contributed by atoms with Crippen molar-refractivity contribution in [2.24, 2.45) is 0 Å². The highest BCUT2D eigenvalue weighted by atomic mass is 16.5. The van der Waals surface area contributed by atoms with Crippen LogP contribution in [-0.4, -0.2) is 10.1 Å². The fraction of sp³-hybridized carbons (Fsp3) is 0. The van der Waals surface area contributed by atoms with Crippen molar-refractivity contribution in [3.05, 3.63) is 18.5 Å². The van der Waals surface area contributed by atoms with Crippen LogP contribution in [-0.2, 0) is 0 Å². The van der Waals surface area contributed by atoms with Crippen LogP contribution in [0.1, 0.15) is 0 Å². The summed E-state index contributed by atoms with van der Waals surface area (Å²) in [6.07, 6.45) is 3.05. The van der Waals surface area contributed by atoms with Crippen LogP contribution < -0.4 is 5.73 Å². The largest absolute Gasteiger partial charge is 0.397 e. The summed E-state index contributed by atoms with van der Waals surface area (Å²) in [7, 11) is 0. The fourth-order valence-electron chi connectivity index (χ4n) is 0.776. The molecule has 4 heteroatoms. The van der Waals surface area contributed by atoms with Gasteiger partial charge in [0.15, 0.2) is 0 Å². The lowest BCUT2D eigenvalue weighted by atomic mass is 10.4. The zero-order chi connectivity index (χ0) is 6.97. The number of fused-ring (bicyclic) bond motifs is 1. The molecule has 4 nitrogen and oxygen atoms in total. The van der Waals surface area contributed by atoms with Crippen LogP contribution in [0.3, 0.4) is 0 Å². The Balaban J connectivity index is 2.86. The van der Waals surface area contributed by atoms with Gasteiger partial charge in [-0.05, 0) is 6.07 Å². The second-order valence-corrected chi connectivity index (χ2v) is 1.99. The molecule has 0 bridgehead atoms. The van der Waals surface area contributed by atoms with E-state index in [9.17, 15) is 0 Å². The van der Waals surface area contributed by atoms with E-state index >= 15 is 0 Å². The molecule has 0 aromatic carbocycles. The van der Waals surface area contributed by atoms with Gasteiger partial charge in [0.2, 0.25) is 0 Å². The topological polar surface area (TPSA) is 64.9 Å². The van der Waals surface area contributed by atoms with Gasteiger partial charge in [-0.25, -0.2) is 4.98 Å². The minimum Gasteiger partial charge on any atom is -0.397 e.